The molecule has 172 valence electrons. The average molecular weight is 454 g/mol. The Bertz CT molecular complexity index is 1230. The Morgan fingerprint density at radius 2 is 1.85 bits per heavy atom. The van der Waals surface area contributed by atoms with E-state index in [9.17, 15) is 4.79 Å². The predicted octanol–water partition coefficient (Wildman–Crippen LogP) is 5.73. The number of hydrogen-bond acceptors (Lipinski definition) is 6. The Hall–Kier alpha value is -3.84. The van der Waals surface area contributed by atoms with Crippen molar-refractivity contribution in [2.45, 2.75) is 43.4 Å². The van der Waals surface area contributed by atoms with Crippen LogP contribution in [0.1, 0.15) is 47.9 Å². The predicted molar refractivity (Wildman–Crippen MR) is 132 cm³/mol. The molecule has 7 nitrogen and oxygen atoms in total. The lowest BCUT2D eigenvalue weighted by molar-refractivity contribution is 0.155. The number of anilines is 1. The van der Waals surface area contributed by atoms with E-state index < -0.39 is 11.6 Å². The fourth-order valence-corrected chi connectivity index (χ4v) is 4.50. The van der Waals surface area contributed by atoms with E-state index >= 15 is 0 Å². The Labute approximate surface area is 198 Å². The second kappa shape index (κ2) is 8.83. The van der Waals surface area contributed by atoms with Crippen LogP contribution >= 0.6 is 0 Å². The number of carbonyl (C=O) groups excluding carboxylic acids is 1. The maximum Gasteiger partial charge on any atom is 0.411 e. The molecule has 0 bridgehead atoms. The maximum atomic E-state index is 12.3. The lowest BCUT2D eigenvalue weighted by atomic mass is 9.84. The average Bonchev–Trinajstić information content (AvgIpc) is 3.31. The molecular formula is C27H27N5O2. The molecule has 1 heterocycles. The largest absolute Gasteiger partial charge is 0.444 e. The number of benzene rings is 3. The number of nitrogens with zero attached hydrogens (tertiary/aromatic N) is 3. The van der Waals surface area contributed by atoms with Crippen LogP contribution in [0, 0.1) is 0 Å². The molecule has 0 spiro atoms. The molecule has 3 N–H and O–H groups in total. The molecule has 2 aliphatic rings. The highest BCUT2D eigenvalue weighted by molar-refractivity contribution is 5.86. The van der Waals surface area contributed by atoms with Crippen LogP contribution in [-0.4, -0.2) is 17.8 Å². The van der Waals surface area contributed by atoms with E-state index in [1.165, 1.54) is 5.56 Å². The highest BCUT2D eigenvalue weighted by Gasteiger charge is 2.50. The first-order valence-corrected chi connectivity index (χ1v) is 11.5. The van der Waals surface area contributed by atoms with Crippen LogP contribution in [0.3, 0.4) is 0 Å². The second-order valence-electron chi connectivity index (χ2n) is 8.93. The first kappa shape index (κ1) is 22.0. The zero-order chi connectivity index (χ0) is 23.6. The summed E-state index contributed by atoms with van der Waals surface area (Å²) in [6.45, 7) is 2.34. The summed E-state index contributed by atoms with van der Waals surface area (Å²) in [6, 6.07) is 25.4. The third-order valence-electron chi connectivity index (χ3n) is 6.79. The van der Waals surface area contributed by atoms with Crippen LogP contribution in [-0.2, 0) is 16.9 Å². The van der Waals surface area contributed by atoms with Gasteiger partial charge in [-0.05, 0) is 52.5 Å². The van der Waals surface area contributed by atoms with Crippen molar-refractivity contribution in [2.75, 3.05) is 5.32 Å². The first-order valence-electron chi connectivity index (χ1n) is 11.5. The standard InChI is InChI=1S/C27H27N5O2/c1-2-26(28)16-24(26)20-11-13-21(14-12-20)27(18-29-32-31-27)22-9-6-10-23(15-22)30-25(33)34-17-19-7-4-3-5-8-19/h3-15,18,24H,2,16-17,28H2,1H3,(H,30,33). The maximum absolute atomic E-state index is 12.3. The Morgan fingerprint density at radius 3 is 2.53 bits per heavy atom. The summed E-state index contributed by atoms with van der Waals surface area (Å²) in [6.07, 6.45) is 3.19. The molecule has 0 saturated heterocycles. The first-order chi connectivity index (χ1) is 16.5. The van der Waals surface area contributed by atoms with Crippen LogP contribution in [0.5, 0.6) is 0 Å². The van der Waals surface area contributed by atoms with Gasteiger partial charge in [0.15, 0.2) is 5.54 Å². The number of rotatable bonds is 7. The molecule has 34 heavy (non-hydrogen) atoms. The van der Waals surface area contributed by atoms with E-state index in [0.29, 0.717) is 11.6 Å². The number of carbonyl (C=O) groups is 1. The summed E-state index contributed by atoms with van der Waals surface area (Å²) in [5.74, 6) is 0.399. The number of hydrogen-bond donors (Lipinski definition) is 2. The van der Waals surface area contributed by atoms with Crippen LogP contribution < -0.4 is 11.1 Å². The van der Waals surface area contributed by atoms with Gasteiger partial charge in [0.25, 0.3) is 0 Å². The van der Waals surface area contributed by atoms with Crippen molar-refractivity contribution >= 4 is 18.0 Å². The van der Waals surface area contributed by atoms with Gasteiger partial charge in [-0.25, -0.2) is 4.79 Å². The smallest absolute Gasteiger partial charge is 0.411 e. The number of amides is 1. The third kappa shape index (κ3) is 4.22. The fourth-order valence-electron chi connectivity index (χ4n) is 4.50. The van der Waals surface area contributed by atoms with Crippen LogP contribution in [0.15, 0.2) is 94.3 Å². The van der Waals surface area contributed by atoms with Crippen LogP contribution in [0.4, 0.5) is 10.5 Å². The van der Waals surface area contributed by atoms with Gasteiger partial charge < -0.3 is 10.5 Å². The van der Waals surface area contributed by atoms with Crippen molar-refractivity contribution < 1.29 is 9.53 Å². The molecule has 3 aromatic rings. The van der Waals surface area contributed by atoms with Gasteiger partial charge in [-0.1, -0.05) is 73.7 Å². The van der Waals surface area contributed by atoms with Gasteiger partial charge in [-0.2, -0.15) is 0 Å². The molecule has 1 saturated carbocycles. The topological polar surface area (TPSA) is 101 Å². The highest BCUT2D eigenvalue weighted by atomic mass is 16.5. The van der Waals surface area contributed by atoms with Gasteiger partial charge in [-0.3, -0.25) is 5.32 Å². The molecule has 3 atom stereocenters. The van der Waals surface area contributed by atoms with Crippen molar-refractivity contribution in [2.24, 2.45) is 21.2 Å². The number of nitrogens with one attached hydrogen (secondary N) is 1. The van der Waals surface area contributed by atoms with E-state index in [-0.39, 0.29) is 12.1 Å². The highest BCUT2D eigenvalue weighted by Crippen LogP contribution is 2.51. The normalized spacial score (nSPS) is 24.7. The quantitative estimate of drug-likeness (QED) is 0.478. The molecule has 3 aromatic carbocycles. The molecule has 5 rings (SSSR count). The molecule has 3 unspecified atom stereocenters. The zero-order valence-electron chi connectivity index (χ0n) is 19.0. The molecule has 0 radical (unpaired) electrons. The van der Waals surface area contributed by atoms with E-state index in [4.69, 9.17) is 10.5 Å². The van der Waals surface area contributed by atoms with Gasteiger partial charge in [0.2, 0.25) is 0 Å². The number of nitrogens with two attached hydrogens (primary N) is 1. The van der Waals surface area contributed by atoms with Gasteiger partial charge in [0, 0.05) is 17.1 Å². The van der Waals surface area contributed by atoms with Crippen molar-refractivity contribution in [1.82, 2.24) is 0 Å². The van der Waals surface area contributed by atoms with Crippen molar-refractivity contribution in [3.8, 4) is 0 Å². The molecule has 1 aliphatic carbocycles. The molecule has 1 fully saturated rings. The molecular weight excluding hydrogens is 426 g/mol. The zero-order valence-corrected chi connectivity index (χ0v) is 19.0. The Morgan fingerprint density at radius 1 is 1.06 bits per heavy atom. The van der Waals surface area contributed by atoms with Gasteiger partial charge in [-0.15, -0.1) is 10.2 Å². The minimum atomic E-state index is -0.849. The second-order valence-corrected chi connectivity index (χ2v) is 8.93. The minimum Gasteiger partial charge on any atom is -0.444 e. The fraction of sp³-hybridized carbons (Fsp3) is 0.259. The molecule has 1 amide bonds. The number of ether oxygens (including phenoxy) is 1. The van der Waals surface area contributed by atoms with E-state index in [2.05, 4.69) is 51.9 Å². The van der Waals surface area contributed by atoms with E-state index in [1.54, 1.807) is 6.21 Å². The molecule has 0 aromatic heterocycles. The van der Waals surface area contributed by atoms with Gasteiger partial charge in [0.1, 0.15) is 6.61 Å². The van der Waals surface area contributed by atoms with Crippen molar-refractivity contribution in [1.29, 1.82) is 0 Å². The van der Waals surface area contributed by atoms with Crippen LogP contribution in [0.25, 0.3) is 0 Å². The van der Waals surface area contributed by atoms with Crippen molar-refractivity contribution in [3.63, 3.8) is 0 Å². The monoisotopic (exact) mass is 453 g/mol. The summed E-state index contributed by atoms with van der Waals surface area (Å²) in [5, 5.41) is 15.2. The lowest BCUT2D eigenvalue weighted by Gasteiger charge is -2.23. The van der Waals surface area contributed by atoms with Gasteiger partial charge >= 0.3 is 6.09 Å². The summed E-state index contributed by atoms with van der Waals surface area (Å²) in [5.41, 5.74) is 10.1. The summed E-state index contributed by atoms with van der Waals surface area (Å²) in [7, 11) is 0. The summed E-state index contributed by atoms with van der Waals surface area (Å²) < 4.78 is 5.35. The Kier molecular flexibility index (Phi) is 5.71. The molecule has 1 aliphatic heterocycles. The molecule has 7 heteroatoms. The lowest BCUT2D eigenvalue weighted by Crippen LogP contribution is -2.25. The van der Waals surface area contributed by atoms with Crippen molar-refractivity contribution in [3.05, 3.63) is 101 Å². The SMILES string of the molecule is CCC1(N)CC1c1ccc(C2(c3cccc(NC(=O)OCc4ccccc4)c3)C=NN=N2)cc1. The van der Waals surface area contributed by atoms with E-state index in [0.717, 1.165) is 29.5 Å². The van der Waals surface area contributed by atoms with Gasteiger partial charge in [0.05, 0.1) is 6.21 Å². The summed E-state index contributed by atoms with van der Waals surface area (Å²) in [4.78, 5) is 12.3. The minimum absolute atomic E-state index is 0.0805. The van der Waals surface area contributed by atoms with Crippen LogP contribution in [0.2, 0.25) is 0 Å². The Balaban J connectivity index is 1.33. The summed E-state index contributed by atoms with van der Waals surface area (Å²) >= 11 is 0. The third-order valence-corrected chi connectivity index (χ3v) is 6.79. The van der Waals surface area contributed by atoms with E-state index in [1.807, 2.05) is 54.6 Å².